The van der Waals surface area contributed by atoms with Crippen molar-refractivity contribution in [2.24, 2.45) is 0 Å². The van der Waals surface area contributed by atoms with E-state index in [9.17, 15) is 9.59 Å². The molecule has 0 saturated carbocycles. The minimum absolute atomic E-state index is 0. The molecular weight excluding hydrogens is 402 g/mol. The van der Waals surface area contributed by atoms with Crippen LogP contribution < -0.4 is 4.57 Å². The van der Waals surface area contributed by atoms with Crippen LogP contribution >= 0.6 is 40.1 Å². The number of aromatic nitrogens is 1. The summed E-state index contributed by atoms with van der Waals surface area (Å²) in [5.41, 5.74) is 0.965. The van der Waals surface area contributed by atoms with Crippen molar-refractivity contribution in [3.8, 4) is 0 Å². The average Bonchev–Trinajstić information content (AvgIpc) is 2.84. The highest BCUT2D eigenvalue weighted by molar-refractivity contribution is 8.93. The molecule has 2 aromatic rings. The van der Waals surface area contributed by atoms with Gasteiger partial charge in [-0.15, -0.1) is 17.0 Å². The van der Waals surface area contributed by atoms with Crippen LogP contribution in [0.1, 0.15) is 13.8 Å². The second-order valence-corrected chi connectivity index (χ2v) is 6.57. The molecule has 126 valence electrons. The van der Waals surface area contributed by atoms with Crippen LogP contribution in [-0.2, 0) is 25.6 Å². The first-order valence-electron chi connectivity index (χ1n) is 7.01. The maximum absolute atomic E-state index is 11.8. The smallest absolute Gasteiger partial charge is 0.372 e. The van der Waals surface area contributed by atoms with Gasteiger partial charge in [-0.2, -0.15) is 4.57 Å². The Morgan fingerprint density at radius 2 is 1.78 bits per heavy atom. The van der Waals surface area contributed by atoms with Gasteiger partial charge in [0.2, 0.25) is 12.1 Å². The van der Waals surface area contributed by atoms with Crippen LogP contribution in [-0.4, -0.2) is 30.9 Å². The summed E-state index contributed by atoms with van der Waals surface area (Å²) < 4.78 is 13.8. The molecule has 1 aromatic carbocycles. The van der Waals surface area contributed by atoms with Gasteiger partial charge in [-0.1, -0.05) is 23.5 Å². The maximum Gasteiger partial charge on any atom is 0.372 e. The molecule has 0 bridgehead atoms. The quantitative estimate of drug-likeness (QED) is 0.391. The van der Waals surface area contributed by atoms with E-state index in [0.717, 1.165) is 14.6 Å². The van der Waals surface area contributed by atoms with Gasteiger partial charge in [-0.25, -0.2) is 4.79 Å². The third-order valence-corrected chi connectivity index (χ3v) is 5.20. The molecular formula is C15H19BrNO4S2+. The molecule has 2 rings (SSSR count). The van der Waals surface area contributed by atoms with Crippen LogP contribution in [0, 0.1) is 0 Å². The number of esters is 2. The zero-order valence-electron chi connectivity index (χ0n) is 12.9. The van der Waals surface area contributed by atoms with E-state index < -0.39 is 0 Å². The first-order valence-corrected chi connectivity index (χ1v) is 8.81. The Bertz CT molecular complexity index is 675. The summed E-state index contributed by atoms with van der Waals surface area (Å²) in [5, 5.41) is 0. The summed E-state index contributed by atoms with van der Waals surface area (Å²) in [6, 6.07) is 7.83. The average molecular weight is 421 g/mol. The molecule has 1 aromatic heterocycles. The summed E-state index contributed by atoms with van der Waals surface area (Å²) >= 11 is 2.93. The summed E-state index contributed by atoms with van der Waals surface area (Å²) in [7, 11) is 0. The van der Waals surface area contributed by atoms with Crippen LogP contribution in [0.2, 0.25) is 0 Å². The van der Waals surface area contributed by atoms with Crippen molar-refractivity contribution in [3.63, 3.8) is 0 Å². The standard InChI is InChI=1S/C15H18NO4S2.BrH/c1-3-19-13(17)9-16-11-7-5-6-8-12(11)22-15(16)21-10-14(18)20-4-2;/h5-8H,3-4,9-10H2,1-2H3;1H/q+1;. The van der Waals surface area contributed by atoms with Gasteiger partial charge < -0.3 is 9.47 Å². The van der Waals surface area contributed by atoms with Gasteiger partial charge in [0.25, 0.3) is 4.34 Å². The molecule has 0 amide bonds. The van der Waals surface area contributed by atoms with Crippen molar-refractivity contribution in [2.45, 2.75) is 24.7 Å². The van der Waals surface area contributed by atoms with Crippen LogP contribution in [0.5, 0.6) is 0 Å². The van der Waals surface area contributed by atoms with E-state index >= 15 is 0 Å². The van der Waals surface area contributed by atoms with Gasteiger partial charge in [0, 0.05) is 6.07 Å². The number of carbonyl (C=O) groups is 2. The summed E-state index contributed by atoms with van der Waals surface area (Å²) in [6.07, 6.45) is 0. The van der Waals surface area contributed by atoms with Gasteiger partial charge in [0.05, 0.1) is 13.2 Å². The van der Waals surface area contributed by atoms with Crippen molar-refractivity contribution >= 4 is 62.2 Å². The third-order valence-electron chi connectivity index (χ3n) is 2.79. The lowest BCUT2D eigenvalue weighted by Gasteiger charge is -2.01. The number of benzene rings is 1. The minimum atomic E-state index is -0.283. The van der Waals surface area contributed by atoms with Gasteiger partial charge >= 0.3 is 11.9 Å². The first-order chi connectivity index (χ1) is 10.7. The monoisotopic (exact) mass is 420 g/mol. The molecule has 0 atom stereocenters. The summed E-state index contributed by atoms with van der Waals surface area (Å²) in [5.74, 6) is -0.314. The molecule has 0 fully saturated rings. The second kappa shape index (κ2) is 9.89. The van der Waals surface area contributed by atoms with Crippen molar-refractivity contribution in [1.82, 2.24) is 0 Å². The number of para-hydroxylation sites is 1. The molecule has 0 aliphatic carbocycles. The zero-order chi connectivity index (χ0) is 15.9. The second-order valence-electron chi connectivity index (χ2n) is 4.32. The predicted molar refractivity (Wildman–Crippen MR) is 96.3 cm³/mol. The number of hydrogen-bond acceptors (Lipinski definition) is 6. The number of hydrogen-bond donors (Lipinski definition) is 0. The fourth-order valence-corrected chi connectivity index (χ4v) is 4.15. The Labute approximate surface area is 153 Å². The highest BCUT2D eigenvalue weighted by Crippen LogP contribution is 2.28. The van der Waals surface area contributed by atoms with Crippen LogP contribution in [0.3, 0.4) is 0 Å². The Hall–Kier alpha value is -1.12. The Morgan fingerprint density at radius 1 is 1.13 bits per heavy atom. The third kappa shape index (κ3) is 5.47. The molecule has 0 aliphatic rings. The van der Waals surface area contributed by atoms with Gasteiger partial charge in [-0.05, 0) is 31.7 Å². The van der Waals surface area contributed by atoms with Crippen LogP contribution in [0.15, 0.2) is 28.6 Å². The summed E-state index contributed by atoms with van der Waals surface area (Å²) in [4.78, 5) is 23.3. The Morgan fingerprint density at radius 3 is 2.48 bits per heavy atom. The number of thioether (sulfide) groups is 1. The van der Waals surface area contributed by atoms with E-state index in [1.807, 2.05) is 28.8 Å². The lowest BCUT2D eigenvalue weighted by atomic mass is 10.3. The molecule has 0 saturated heterocycles. The lowest BCUT2D eigenvalue weighted by Crippen LogP contribution is -2.39. The lowest BCUT2D eigenvalue weighted by molar-refractivity contribution is -0.691. The normalized spacial score (nSPS) is 10.2. The number of carbonyl (C=O) groups excluding carboxylic acids is 2. The molecule has 0 unspecified atom stereocenters. The fraction of sp³-hybridized carbons (Fsp3) is 0.400. The molecule has 0 radical (unpaired) electrons. The van der Waals surface area contributed by atoms with E-state index in [-0.39, 0.29) is 41.2 Å². The molecule has 5 nitrogen and oxygen atoms in total. The molecule has 1 heterocycles. The minimum Gasteiger partial charge on any atom is -0.465 e. The van der Waals surface area contributed by atoms with Crippen molar-refractivity contribution < 1.29 is 23.6 Å². The predicted octanol–water partition coefficient (Wildman–Crippen LogP) is 2.99. The van der Waals surface area contributed by atoms with Gasteiger partial charge in [0.1, 0.15) is 10.5 Å². The Balaban J connectivity index is 0.00000264. The number of ether oxygens (including phenoxy) is 2. The van der Waals surface area contributed by atoms with E-state index in [0.29, 0.717) is 13.2 Å². The maximum atomic E-state index is 11.8. The van der Waals surface area contributed by atoms with Gasteiger partial charge in [-0.3, -0.25) is 4.79 Å². The molecule has 23 heavy (non-hydrogen) atoms. The van der Waals surface area contributed by atoms with E-state index in [2.05, 4.69) is 0 Å². The number of rotatable bonds is 7. The molecule has 0 N–H and O–H groups in total. The molecule has 0 spiro atoms. The largest absolute Gasteiger partial charge is 0.465 e. The van der Waals surface area contributed by atoms with Crippen LogP contribution in [0.4, 0.5) is 0 Å². The highest BCUT2D eigenvalue weighted by atomic mass is 79.9. The first kappa shape index (κ1) is 19.9. The van der Waals surface area contributed by atoms with E-state index in [1.54, 1.807) is 25.2 Å². The SMILES string of the molecule is Br.CCOC(=O)CSc1sc2ccccc2[n+]1CC(=O)OCC. The molecule has 8 heteroatoms. The Kier molecular flexibility index (Phi) is 8.57. The van der Waals surface area contributed by atoms with Crippen molar-refractivity contribution in [2.75, 3.05) is 19.0 Å². The van der Waals surface area contributed by atoms with Gasteiger partial charge in [0.15, 0.2) is 0 Å². The van der Waals surface area contributed by atoms with Crippen molar-refractivity contribution in [1.29, 1.82) is 0 Å². The fourth-order valence-electron chi connectivity index (χ4n) is 1.93. The topological polar surface area (TPSA) is 56.5 Å². The number of thiazole rings is 1. The van der Waals surface area contributed by atoms with E-state index in [1.165, 1.54) is 11.8 Å². The van der Waals surface area contributed by atoms with Crippen LogP contribution in [0.25, 0.3) is 10.2 Å². The van der Waals surface area contributed by atoms with E-state index in [4.69, 9.17) is 9.47 Å². The number of halogens is 1. The number of nitrogens with zero attached hydrogens (tertiary/aromatic N) is 1. The highest BCUT2D eigenvalue weighted by Gasteiger charge is 2.24. The number of fused-ring (bicyclic) bond motifs is 1. The van der Waals surface area contributed by atoms with Crippen molar-refractivity contribution in [3.05, 3.63) is 24.3 Å². The molecule has 0 aliphatic heterocycles. The zero-order valence-corrected chi connectivity index (χ0v) is 16.3. The summed E-state index contributed by atoms with van der Waals surface area (Å²) in [6.45, 7) is 4.43.